The van der Waals surface area contributed by atoms with Crippen molar-refractivity contribution >= 4 is 11.6 Å². The fraction of sp³-hybridized carbons (Fsp3) is 0.538. The van der Waals surface area contributed by atoms with Crippen molar-refractivity contribution in [2.45, 2.75) is 65.2 Å². The highest BCUT2D eigenvalue weighted by atomic mass is 16.1. The van der Waals surface area contributed by atoms with Crippen LogP contribution in [0.25, 0.3) is 0 Å². The molecule has 0 N–H and O–H groups in total. The molecule has 0 amide bonds. The van der Waals surface area contributed by atoms with Crippen LogP contribution in [0.3, 0.4) is 0 Å². The van der Waals surface area contributed by atoms with E-state index in [0.29, 0.717) is 35.9 Å². The molecule has 0 spiro atoms. The second-order valence-electron chi connectivity index (χ2n) is 8.66. The number of benzene rings is 1. The number of rotatable bonds is 1. The summed E-state index contributed by atoms with van der Waals surface area (Å²) in [6.45, 7) is 6.30. The van der Waals surface area contributed by atoms with Gasteiger partial charge in [-0.2, -0.15) is 0 Å². The van der Waals surface area contributed by atoms with Crippen LogP contribution in [0.1, 0.15) is 70.8 Å². The monoisotopic (exact) mass is 376 g/mol. The molecule has 4 aliphatic rings. The van der Waals surface area contributed by atoms with E-state index >= 15 is 0 Å². The molecule has 4 aliphatic carbocycles. The molecule has 5 atom stereocenters. The van der Waals surface area contributed by atoms with Gasteiger partial charge in [0.15, 0.2) is 5.78 Å². The highest BCUT2D eigenvalue weighted by Crippen LogP contribution is 2.59. The molecular weight excluding hydrogens is 344 g/mol. The van der Waals surface area contributed by atoms with Gasteiger partial charge in [-0.25, -0.2) is 0 Å². The first kappa shape index (κ1) is 19.4. The van der Waals surface area contributed by atoms with Gasteiger partial charge in [-0.15, -0.1) is 0 Å². The van der Waals surface area contributed by atoms with Gasteiger partial charge in [-0.05, 0) is 66.2 Å². The summed E-state index contributed by atoms with van der Waals surface area (Å²) in [4.78, 5) is 24.7. The Labute approximate surface area is 169 Å². The molecule has 0 radical (unpaired) electrons. The fourth-order valence-corrected chi connectivity index (χ4v) is 6.53. The van der Waals surface area contributed by atoms with Crippen LogP contribution in [0.5, 0.6) is 0 Å². The molecule has 0 aromatic heterocycles. The SMILES string of the molecule is CC.C[C@H]1C2C(=O)CCC2C2CCC3=CC(=O)CCC3=C2[C@H]1c1ccccc1. The zero-order chi connectivity index (χ0) is 19.8. The third-order valence-electron chi connectivity index (χ3n) is 7.48. The molecule has 2 fully saturated rings. The first-order valence-electron chi connectivity index (χ1n) is 11.2. The maximum atomic E-state index is 12.7. The summed E-state index contributed by atoms with van der Waals surface area (Å²) in [6, 6.07) is 10.8. The van der Waals surface area contributed by atoms with Crippen LogP contribution in [-0.2, 0) is 9.59 Å². The van der Waals surface area contributed by atoms with Gasteiger partial charge >= 0.3 is 0 Å². The average molecular weight is 377 g/mol. The molecule has 1 aromatic carbocycles. The first-order chi connectivity index (χ1) is 13.6. The maximum Gasteiger partial charge on any atom is 0.156 e. The number of carbonyl (C=O) groups excluding carboxylic acids is 2. The van der Waals surface area contributed by atoms with Crippen LogP contribution in [0, 0.1) is 23.7 Å². The molecule has 1 aromatic rings. The molecule has 3 unspecified atom stereocenters. The number of carbonyl (C=O) groups is 2. The Bertz CT molecular complexity index is 829. The Balaban J connectivity index is 0.000000932. The third-order valence-corrected chi connectivity index (χ3v) is 7.48. The van der Waals surface area contributed by atoms with Crippen LogP contribution in [-0.4, -0.2) is 11.6 Å². The van der Waals surface area contributed by atoms with Crippen molar-refractivity contribution in [2.75, 3.05) is 0 Å². The minimum atomic E-state index is 0.227. The van der Waals surface area contributed by atoms with E-state index in [9.17, 15) is 9.59 Å². The molecule has 5 rings (SSSR count). The normalized spacial score (nSPS) is 34.0. The predicted molar refractivity (Wildman–Crippen MR) is 113 cm³/mol. The number of ketones is 2. The molecular formula is C26H32O2. The second-order valence-corrected chi connectivity index (χ2v) is 8.66. The van der Waals surface area contributed by atoms with Crippen molar-refractivity contribution in [3.8, 4) is 0 Å². The zero-order valence-electron chi connectivity index (χ0n) is 17.4. The largest absolute Gasteiger partial charge is 0.299 e. The topological polar surface area (TPSA) is 34.1 Å². The smallest absolute Gasteiger partial charge is 0.156 e. The van der Waals surface area contributed by atoms with Crippen molar-refractivity contribution < 1.29 is 9.59 Å². The van der Waals surface area contributed by atoms with E-state index in [2.05, 4.69) is 37.3 Å². The van der Waals surface area contributed by atoms with Crippen LogP contribution in [0.15, 0.2) is 53.1 Å². The minimum absolute atomic E-state index is 0.227. The number of Topliss-reactive ketones (excluding diaryl/α,β-unsaturated/α-hetero) is 1. The molecule has 0 aliphatic heterocycles. The lowest BCUT2D eigenvalue weighted by atomic mass is 9.54. The molecule has 2 heteroatoms. The van der Waals surface area contributed by atoms with E-state index in [4.69, 9.17) is 0 Å². The molecule has 2 nitrogen and oxygen atoms in total. The highest BCUT2D eigenvalue weighted by Gasteiger charge is 2.53. The van der Waals surface area contributed by atoms with Crippen molar-refractivity contribution in [1.82, 2.24) is 0 Å². The van der Waals surface area contributed by atoms with E-state index in [-0.39, 0.29) is 11.7 Å². The standard InChI is InChI=1S/C24H26O2.C2H6/c1-14-22(15-5-3-2-4-6-15)24-18-10-8-17(25)13-16(18)7-9-20(24)19-11-12-21(26)23(14)19;1-2/h2-6,13-14,19-20,22-23H,7-12H2,1H3;1-2H3/t14-,19?,20?,22-,23?;/m1./s1. The summed E-state index contributed by atoms with van der Waals surface area (Å²) >= 11 is 0. The van der Waals surface area contributed by atoms with Gasteiger partial charge in [0.2, 0.25) is 0 Å². The number of allylic oxidation sites excluding steroid dienone is 4. The lowest BCUT2D eigenvalue weighted by Crippen LogP contribution is -2.42. The Morgan fingerprint density at radius 3 is 2.39 bits per heavy atom. The van der Waals surface area contributed by atoms with Crippen LogP contribution < -0.4 is 0 Å². The van der Waals surface area contributed by atoms with Gasteiger partial charge in [0.1, 0.15) is 5.78 Å². The third kappa shape index (κ3) is 3.02. The zero-order valence-corrected chi connectivity index (χ0v) is 17.4. The van der Waals surface area contributed by atoms with Crippen molar-refractivity contribution in [1.29, 1.82) is 0 Å². The van der Waals surface area contributed by atoms with Crippen molar-refractivity contribution in [3.05, 3.63) is 58.7 Å². The Morgan fingerprint density at radius 1 is 0.893 bits per heavy atom. The average Bonchev–Trinajstić information content (AvgIpc) is 3.12. The van der Waals surface area contributed by atoms with Gasteiger partial charge in [0.05, 0.1) is 0 Å². The quantitative estimate of drug-likeness (QED) is 0.599. The highest BCUT2D eigenvalue weighted by molar-refractivity contribution is 5.93. The summed E-state index contributed by atoms with van der Waals surface area (Å²) in [5.41, 5.74) is 5.70. The van der Waals surface area contributed by atoms with Gasteiger partial charge in [0, 0.05) is 24.7 Å². The lowest BCUT2D eigenvalue weighted by molar-refractivity contribution is -0.123. The fourth-order valence-electron chi connectivity index (χ4n) is 6.53. The van der Waals surface area contributed by atoms with E-state index in [1.54, 1.807) is 5.57 Å². The maximum absolute atomic E-state index is 12.7. The minimum Gasteiger partial charge on any atom is -0.299 e. The van der Waals surface area contributed by atoms with Gasteiger partial charge in [-0.1, -0.05) is 56.7 Å². The van der Waals surface area contributed by atoms with E-state index < -0.39 is 0 Å². The van der Waals surface area contributed by atoms with Crippen molar-refractivity contribution in [2.24, 2.45) is 23.7 Å². The van der Waals surface area contributed by atoms with Crippen molar-refractivity contribution in [3.63, 3.8) is 0 Å². The molecule has 2 saturated carbocycles. The summed E-state index contributed by atoms with van der Waals surface area (Å²) in [5, 5.41) is 0. The first-order valence-corrected chi connectivity index (χ1v) is 11.2. The van der Waals surface area contributed by atoms with Crippen LogP contribution in [0.4, 0.5) is 0 Å². The van der Waals surface area contributed by atoms with E-state index in [1.165, 1.54) is 16.7 Å². The van der Waals surface area contributed by atoms with Gasteiger partial charge in [0.25, 0.3) is 0 Å². The Morgan fingerprint density at radius 2 is 1.64 bits per heavy atom. The van der Waals surface area contributed by atoms with Crippen LogP contribution in [0.2, 0.25) is 0 Å². The molecule has 28 heavy (non-hydrogen) atoms. The summed E-state index contributed by atoms with van der Waals surface area (Å²) in [7, 11) is 0. The second kappa shape index (κ2) is 7.81. The van der Waals surface area contributed by atoms with E-state index in [1.807, 2.05) is 19.9 Å². The van der Waals surface area contributed by atoms with E-state index in [0.717, 1.165) is 32.1 Å². The molecule has 0 heterocycles. The Hall–Kier alpha value is -1.96. The number of hydrogen-bond donors (Lipinski definition) is 0. The van der Waals surface area contributed by atoms with Crippen LogP contribution >= 0.6 is 0 Å². The predicted octanol–water partition coefficient (Wildman–Crippen LogP) is 6.04. The van der Waals surface area contributed by atoms with Gasteiger partial charge in [-0.3, -0.25) is 9.59 Å². The van der Waals surface area contributed by atoms with Gasteiger partial charge < -0.3 is 0 Å². The molecule has 0 saturated heterocycles. The summed E-state index contributed by atoms with van der Waals surface area (Å²) in [6.07, 6.45) is 7.43. The Kier molecular flexibility index (Phi) is 5.40. The summed E-state index contributed by atoms with van der Waals surface area (Å²) in [5.74, 6) is 2.76. The molecule has 148 valence electrons. The number of fused-ring (bicyclic) bond motifs is 4. The summed E-state index contributed by atoms with van der Waals surface area (Å²) < 4.78 is 0. The molecule has 0 bridgehead atoms. The number of hydrogen-bond acceptors (Lipinski definition) is 2. The lowest BCUT2D eigenvalue weighted by Gasteiger charge is -2.49.